The van der Waals surface area contributed by atoms with Crippen LogP contribution >= 0.6 is 24.8 Å². The Balaban J connectivity index is 0.00000156. The van der Waals surface area contributed by atoms with E-state index < -0.39 is 5.82 Å². The van der Waals surface area contributed by atoms with E-state index in [-0.39, 0.29) is 42.5 Å². The summed E-state index contributed by atoms with van der Waals surface area (Å²) in [7, 11) is 0. The zero-order valence-electron chi connectivity index (χ0n) is 13.9. The molecule has 0 unspecified atom stereocenters. The molecule has 3 rings (SSSR count). The van der Waals surface area contributed by atoms with Gasteiger partial charge in [0.15, 0.2) is 11.6 Å². The van der Waals surface area contributed by atoms with Crippen molar-refractivity contribution in [2.24, 2.45) is 5.92 Å². The van der Waals surface area contributed by atoms with Crippen LogP contribution < -0.4 is 5.32 Å². The summed E-state index contributed by atoms with van der Waals surface area (Å²) in [6.45, 7) is 4.71. The zero-order valence-corrected chi connectivity index (χ0v) is 15.5. The summed E-state index contributed by atoms with van der Waals surface area (Å²) in [6, 6.07) is 4.61. The molecule has 5 nitrogen and oxygen atoms in total. The number of halogens is 3. The van der Waals surface area contributed by atoms with E-state index in [4.69, 9.17) is 4.74 Å². The van der Waals surface area contributed by atoms with Gasteiger partial charge in [0.05, 0.1) is 11.6 Å². The molecule has 8 heteroatoms. The molecule has 1 atom stereocenters. The third-order valence-corrected chi connectivity index (χ3v) is 4.84. The molecular weight excluding hydrogens is 368 g/mol. The lowest BCUT2D eigenvalue weighted by atomic mass is 9.83. The highest BCUT2D eigenvalue weighted by molar-refractivity contribution is 5.85. The summed E-state index contributed by atoms with van der Waals surface area (Å²) >= 11 is 0. The quantitative estimate of drug-likeness (QED) is 0.828. The molecule has 2 N–H and O–H groups in total. The SMILES string of the molecule is Cl.Cl.N#Cc1ccc(F)c(O)c1[C@H](C1CCOCC1)N1CCNCC1. The number of nitriles is 1. The van der Waals surface area contributed by atoms with Crippen LogP contribution in [0.25, 0.3) is 0 Å². The molecule has 1 aromatic rings. The van der Waals surface area contributed by atoms with Gasteiger partial charge in [-0.2, -0.15) is 5.26 Å². The van der Waals surface area contributed by atoms with Crippen LogP contribution in [0.2, 0.25) is 0 Å². The van der Waals surface area contributed by atoms with E-state index in [1.807, 2.05) is 0 Å². The highest BCUT2D eigenvalue weighted by atomic mass is 35.5. The molecule has 140 valence electrons. The average Bonchev–Trinajstić information content (AvgIpc) is 2.61. The normalized spacial score (nSPS) is 20.0. The van der Waals surface area contributed by atoms with Crippen molar-refractivity contribution < 1.29 is 14.2 Å². The smallest absolute Gasteiger partial charge is 0.165 e. The molecule has 2 aliphatic heterocycles. The van der Waals surface area contributed by atoms with Crippen LogP contribution in [0.1, 0.15) is 30.0 Å². The topological polar surface area (TPSA) is 68.5 Å². The minimum absolute atomic E-state index is 0. The summed E-state index contributed by atoms with van der Waals surface area (Å²) in [6.07, 6.45) is 1.71. The molecule has 0 spiro atoms. The number of benzene rings is 1. The van der Waals surface area contributed by atoms with Gasteiger partial charge in [-0.25, -0.2) is 4.39 Å². The molecule has 0 aromatic heterocycles. The second-order valence-electron chi connectivity index (χ2n) is 6.15. The first-order valence-electron chi connectivity index (χ1n) is 8.16. The van der Waals surface area contributed by atoms with E-state index in [1.54, 1.807) is 0 Å². The first kappa shape index (κ1) is 21.9. The van der Waals surface area contributed by atoms with Gasteiger partial charge in [0.25, 0.3) is 0 Å². The Morgan fingerprint density at radius 2 is 1.88 bits per heavy atom. The molecule has 0 amide bonds. The lowest BCUT2D eigenvalue weighted by molar-refractivity contribution is 0.0204. The van der Waals surface area contributed by atoms with Gasteiger partial charge in [-0.3, -0.25) is 4.90 Å². The molecule has 1 aromatic carbocycles. The minimum atomic E-state index is -0.661. The van der Waals surface area contributed by atoms with Crippen molar-refractivity contribution in [3.8, 4) is 11.8 Å². The standard InChI is InChI=1S/C17H22FN3O2.2ClH/c18-14-2-1-13(11-19)15(17(14)22)16(12-3-9-23-10-4-12)21-7-5-20-6-8-21;;/h1-2,12,16,20,22H,3-10H2;2*1H/t16-;;/m0../s1. The molecule has 0 bridgehead atoms. The van der Waals surface area contributed by atoms with E-state index >= 15 is 0 Å². The van der Waals surface area contributed by atoms with E-state index in [2.05, 4.69) is 16.3 Å². The summed E-state index contributed by atoms with van der Waals surface area (Å²) in [5, 5.41) is 23.1. The largest absolute Gasteiger partial charge is 0.505 e. The number of aromatic hydroxyl groups is 1. The van der Waals surface area contributed by atoms with E-state index in [0.29, 0.717) is 24.3 Å². The predicted octanol–water partition coefficient (Wildman–Crippen LogP) is 2.62. The second kappa shape index (κ2) is 10.1. The number of piperazine rings is 1. The summed E-state index contributed by atoms with van der Waals surface area (Å²) in [5.74, 6) is -0.785. The van der Waals surface area contributed by atoms with Crippen molar-refractivity contribution in [3.05, 3.63) is 29.1 Å². The maximum Gasteiger partial charge on any atom is 0.165 e. The molecular formula is C17H24Cl2FN3O2. The summed E-state index contributed by atoms with van der Waals surface area (Å²) < 4.78 is 19.4. The van der Waals surface area contributed by atoms with Crippen molar-refractivity contribution in [1.82, 2.24) is 10.2 Å². The first-order valence-corrected chi connectivity index (χ1v) is 8.16. The van der Waals surface area contributed by atoms with Crippen molar-refractivity contribution >= 4 is 24.8 Å². The number of ether oxygens (including phenoxy) is 1. The first-order chi connectivity index (χ1) is 11.2. The van der Waals surface area contributed by atoms with Crippen LogP contribution in [-0.4, -0.2) is 49.4 Å². The number of nitrogens with one attached hydrogen (secondary N) is 1. The van der Waals surface area contributed by atoms with E-state index in [9.17, 15) is 14.8 Å². The van der Waals surface area contributed by atoms with Gasteiger partial charge < -0.3 is 15.2 Å². The van der Waals surface area contributed by atoms with Gasteiger partial charge in [0, 0.05) is 51.0 Å². The van der Waals surface area contributed by atoms with Gasteiger partial charge in [-0.05, 0) is 30.9 Å². The third kappa shape index (κ3) is 4.75. The van der Waals surface area contributed by atoms with Crippen molar-refractivity contribution in [1.29, 1.82) is 5.26 Å². The maximum absolute atomic E-state index is 14.0. The fourth-order valence-electron chi connectivity index (χ4n) is 3.69. The minimum Gasteiger partial charge on any atom is -0.505 e. The Kier molecular flexibility index (Phi) is 8.91. The highest BCUT2D eigenvalue weighted by Gasteiger charge is 2.35. The average molecular weight is 392 g/mol. The van der Waals surface area contributed by atoms with E-state index in [0.717, 1.165) is 45.1 Å². The molecule has 2 heterocycles. The molecule has 2 aliphatic rings. The zero-order chi connectivity index (χ0) is 16.2. The van der Waals surface area contributed by atoms with Crippen LogP contribution in [-0.2, 0) is 4.74 Å². The summed E-state index contributed by atoms with van der Waals surface area (Å²) in [4.78, 5) is 2.27. The highest BCUT2D eigenvalue weighted by Crippen LogP contribution is 2.41. The molecule has 0 saturated carbocycles. The van der Waals surface area contributed by atoms with Crippen LogP contribution in [0.4, 0.5) is 4.39 Å². The van der Waals surface area contributed by atoms with Crippen molar-refractivity contribution in [2.45, 2.75) is 18.9 Å². The maximum atomic E-state index is 14.0. The van der Waals surface area contributed by atoms with E-state index in [1.165, 1.54) is 6.07 Å². The second-order valence-corrected chi connectivity index (χ2v) is 6.15. The Hall–Kier alpha value is -1.10. The van der Waals surface area contributed by atoms with Crippen LogP contribution in [0.3, 0.4) is 0 Å². The predicted molar refractivity (Wildman–Crippen MR) is 98.0 cm³/mol. The van der Waals surface area contributed by atoms with Crippen LogP contribution in [0, 0.1) is 23.1 Å². The fraction of sp³-hybridized carbons (Fsp3) is 0.588. The Bertz CT molecular complexity index is 582. The lowest BCUT2D eigenvalue weighted by Gasteiger charge is -2.41. The van der Waals surface area contributed by atoms with Gasteiger partial charge in [-0.1, -0.05) is 0 Å². The monoisotopic (exact) mass is 391 g/mol. The summed E-state index contributed by atoms with van der Waals surface area (Å²) in [5.41, 5.74) is 0.806. The Labute approximate surface area is 160 Å². The Morgan fingerprint density at radius 1 is 1.24 bits per heavy atom. The third-order valence-electron chi connectivity index (χ3n) is 4.84. The van der Waals surface area contributed by atoms with Crippen molar-refractivity contribution in [2.75, 3.05) is 39.4 Å². The fourth-order valence-corrected chi connectivity index (χ4v) is 3.69. The van der Waals surface area contributed by atoms with Crippen LogP contribution in [0.15, 0.2) is 12.1 Å². The van der Waals surface area contributed by atoms with Crippen molar-refractivity contribution in [3.63, 3.8) is 0 Å². The van der Waals surface area contributed by atoms with Gasteiger partial charge in [-0.15, -0.1) is 24.8 Å². The van der Waals surface area contributed by atoms with Gasteiger partial charge in [0.2, 0.25) is 0 Å². The number of hydrogen-bond acceptors (Lipinski definition) is 5. The molecule has 0 radical (unpaired) electrons. The molecule has 2 saturated heterocycles. The van der Waals surface area contributed by atoms with Gasteiger partial charge >= 0.3 is 0 Å². The molecule has 25 heavy (non-hydrogen) atoms. The number of hydrogen-bond donors (Lipinski definition) is 2. The molecule has 2 fully saturated rings. The number of phenolic OH excluding ortho intramolecular Hbond substituents is 1. The number of nitrogens with zero attached hydrogens (tertiary/aromatic N) is 2. The lowest BCUT2D eigenvalue weighted by Crippen LogP contribution is -2.47. The Morgan fingerprint density at radius 3 is 2.48 bits per heavy atom. The number of phenols is 1. The molecule has 0 aliphatic carbocycles. The van der Waals surface area contributed by atoms with Gasteiger partial charge in [0.1, 0.15) is 0 Å². The van der Waals surface area contributed by atoms with Crippen LogP contribution in [0.5, 0.6) is 5.75 Å². The number of rotatable bonds is 3.